The molecule has 3 aromatic carbocycles. The highest BCUT2D eigenvalue weighted by Crippen LogP contribution is 2.38. The van der Waals surface area contributed by atoms with Gasteiger partial charge in [-0.25, -0.2) is 12.8 Å². The monoisotopic (exact) mass is 365 g/mol. The van der Waals surface area contributed by atoms with Crippen molar-refractivity contribution in [3.8, 4) is 0 Å². The Morgan fingerprint density at radius 2 is 1.50 bits per heavy atom. The maximum atomic E-state index is 13.5. The van der Waals surface area contributed by atoms with Crippen LogP contribution in [-0.2, 0) is 9.84 Å². The molecule has 1 heterocycles. The van der Waals surface area contributed by atoms with Crippen molar-refractivity contribution < 1.29 is 12.8 Å². The average Bonchev–Trinajstić information content (AvgIpc) is 3.06. The summed E-state index contributed by atoms with van der Waals surface area (Å²) in [6.07, 6.45) is 1.66. The van der Waals surface area contributed by atoms with E-state index in [9.17, 15) is 12.8 Å². The Morgan fingerprint density at radius 3 is 2.19 bits per heavy atom. The molecule has 0 aliphatic heterocycles. The van der Waals surface area contributed by atoms with Crippen molar-refractivity contribution in [2.75, 3.05) is 0 Å². The minimum Gasteiger partial charge on any atom is -0.361 e. The van der Waals surface area contributed by atoms with Crippen molar-refractivity contribution in [3.05, 3.63) is 102 Å². The van der Waals surface area contributed by atoms with Crippen LogP contribution in [0.4, 0.5) is 4.39 Å². The fourth-order valence-electron chi connectivity index (χ4n) is 3.24. The fourth-order valence-corrected chi connectivity index (χ4v) is 5.09. The summed E-state index contributed by atoms with van der Waals surface area (Å²) >= 11 is 0. The third-order valence-electron chi connectivity index (χ3n) is 4.44. The maximum Gasteiger partial charge on any atom is 0.189 e. The van der Waals surface area contributed by atoms with Gasteiger partial charge < -0.3 is 4.98 Å². The molecule has 130 valence electrons. The zero-order chi connectivity index (χ0) is 18.1. The average molecular weight is 365 g/mol. The van der Waals surface area contributed by atoms with Crippen LogP contribution in [0.5, 0.6) is 0 Å². The van der Waals surface area contributed by atoms with Crippen LogP contribution >= 0.6 is 0 Å². The molecule has 0 fully saturated rings. The van der Waals surface area contributed by atoms with Crippen LogP contribution in [0, 0.1) is 5.82 Å². The quantitative estimate of drug-likeness (QED) is 0.561. The molecule has 1 N–H and O–H groups in total. The summed E-state index contributed by atoms with van der Waals surface area (Å²) in [5, 5.41) is -0.190. The Balaban J connectivity index is 1.98. The molecule has 4 rings (SSSR count). The van der Waals surface area contributed by atoms with Gasteiger partial charge in [-0.05, 0) is 35.9 Å². The number of sulfone groups is 1. The molecule has 5 heteroatoms. The van der Waals surface area contributed by atoms with Gasteiger partial charge in [0, 0.05) is 22.7 Å². The molecular weight excluding hydrogens is 349 g/mol. The summed E-state index contributed by atoms with van der Waals surface area (Å²) in [6, 6.07) is 21.8. The van der Waals surface area contributed by atoms with Crippen LogP contribution in [-0.4, -0.2) is 13.4 Å². The molecule has 0 saturated carbocycles. The number of hydrogen-bond donors (Lipinski definition) is 1. The highest BCUT2D eigenvalue weighted by atomic mass is 32.2. The topological polar surface area (TPSA) is 49.9 Å². The van der Waals surface area contributed by atoms with Crippen molar-refractivity contribution in [1.29, 1.82) is 0 Å². The summed E-state index contributed by atoms with van der Waals surface area (Å²) in [5.41, 5.74) is 1.85. The number of aromatic amines is 1. The second kappa shape index (κ2) is 6.42. The number of halogens is 1. The molecule has 0 radical (unpaired) electrons. The van der Waals surface area contributed by atoms with E-state index in [1.165, 1.54) is 12.1 Å². The van der Waals surface area contributed by atoms with Crippen LogP contribution in [0.1, 0.15) is 16.4 Å². The predicted molar refractivity (Wildman–Crippen MR) is 100 cm³/mol. The lowest BCUT2D eigenvalue weighted by Gasteiger charge is -2.18. The van der Waals surface area contributed by atoms with Crippen molar-refractivity contribution in [2.24, 2.45) is 0 Å². The first kappa shape index (κ1) is 16.5. The second-order valence-electron chi connectivity index (χ2n) is 6.08. The first-order valence-electron chi connectivity index (χ1n) is 8.18. The molecule has 1 aromatic heterocycles. The number of hydrogen-bond acceptors (Lipinski definition) is 2. The molecule has 0 amide bonds. The molecule has 1 atom stereocenters. The second-order valence-corrected chi connectivity index (χ2v) is 8.12. The van der Waals surface area contributed by atoms with Gasteiger partial charge in [0.25, 0.3) is 0 Å². The van der Waals surface area contributed by atoms with E-state index < -0.39 is 15.1 Å². The summed E-state index contributed by atoms with van der Waals surface area (Å²) in [5.74, 6) is -0.368. The Labute approximate surface area is 151 Å². The van der Waals surface area contributed by atoms with Crippen LogP contribution in [0.3, 0.4) is 0 Å². The molecule has 0 spiro atoms. The highest BCUT2D eigenvalue weighted by Gasteiger charge is 2.32. The van der Waals surface area contributed by atoms with Crippen LogP contribution in [0.2, 0.25) is 0 Å². The minimum absolute atomic E-state index is 0.255. The largest absolute Gasteiger partial charge is 0.361 e. The van der Waals surface area contributed by atoms with E-state index in [0.29, 0.717) is 22.0 Å². The highest BCUT2D eigenvalue weighted by molar-refractivity contribution is 7.92. The van der Waals surface area contributed by atoms with Gasteiger partial charge in [0.2, 0.25) is 0 Å². The number of H-pyrrole nitrogens is 1. The number of benzene rings is 3. The lowest BCUT2D eigenvalue weighted by molar-refractivity contribution is 0.589. The van der Waals surface area contributed by atoms with Gasteiger partial charge in [-0.2, -0.15) is 0 Å². The SMILES string of the molecule is O=S(=O)(c1ccccc1)C(c1ccccc1)c1c[nH]c2cc(F)ccc12. The van der Waals surface area contributed by atoms with Gasteiger partial charge in [-0.15, -0.1) is 0 Å². The normalized spacial score (nSPS) is 13.0. The lowest BCUT2D eigenvalue weighted by Crippen LogP contribution is -2.15. The number of fused-ring (bicyclic) bond motifs is 1. The Kier molecular flexibility index (Phi) is 4.09. The number of nitrogens with one attached hydrogen (secondary N) is 1. The van der Waals surface area contributed by atoms with Crippen LogP contribution in [0.15, 0.2) is 90.0 Å². The zero-order valence-corrected chi connectivity index (χ0v) is 14.6. The molecule has 26 heavy (non-hydrogen) atoms. The van der Waals surface area contributed by atoms with Gasteiger partial charge in [0.05, 0.1) is 4.90 Å². The molecular formula is C21H16FNO2S. The number of rotatable bonds is 4. The van der Waals surface area contributed by atoms with E-state index in [4.69, 9.17) is 0 Å². The Morgan fingerprint density at radius 1 is 0.846 bits per heavy atom. The van der Waals surface area contributed by atoms with Crippen molar-refractivity contribution in [2.45, 2.75) is 10.1 Å². The van der Waals surface area contributed by atoms with E-state index in [0.717, 1.165) is 0 Å². The molecule has 3 nitrogen and oxygen atoms in total. The van der Waals surface area contributed by atoms with Gasteiger partial charge in [-0.1, -0.05) is 48.5 Å². The Bertz CT molecular complexity index is 1150. The smallest absolute Gasteiger partial charge is 0.189 e. The van der Waals surface area contributed by atoms with Gasteiger partial charge >= 0.3 is 0 Å². The first-order valence-corrected chi connectivity index (χ1v) is 9.72. The van der Waals surface area contributed by atoms with Crippen LogP contribution < -0.4 is 0 Å². The lowest BCUT2D eigenvalue weighted by atomic mass is 10.0. The van der Waals surface area contributed by atoms with E-state index in [-0.39, 0.29) is 10.7 Å². The van der Waals surface area contributed by atoms with Gasteiger partial charge in [-0.3, -0.25) is 0 Å². The van der Waals surface area contributed by atoms with E-state index >= 15 is 0 Å². The van der Waals surface area contributed by atoms with Gasteiger partial charge in [0.15, 0.2) is 9.84 Å². The molecule has 0 saturated heterocycles. The predicted octanol–water partition coefficient (Wildman–Crippen LogP) is 4.87. The third kappa shape index (κ3) is 2.80. The van der Waals surface area contributed by atoms with Gasteiger partial charge in [0.1, 0.15) is 11.1 Å². The van der Waals surface area contributed by atoms with Crippen LogP contribution in [0.25, 0.3) is 10.9 Å². The maximum absolute atomic E-state index is 13.5. The van der Waals surface area contributed by atoms with E-state index in [1.807, 2.05) is 18.2 Å². The first-order chi connectivity index (χ1) is 12.6. The zero-order valence-electron chi connectivity index (χ0n) is 13.8. The van der Waals surface area contributed by atoms with Crippen molar-refractivity contribution >= 4 is 20.7 Å². The molecule has 0 aliphatic carbocycles. The molecule has 4 aromatic rings. The molecule has 0 aliphatic rings. The van der Waals surface area contributed by atoms with Crippen molar-refractivity contribution in [1.82, 2.24) is 4.98 Å². The molecule has 1 unspecified atom stereocenters. The summed E-state index contributed by atoms with van der Waals surface area (Å²) < 4.78 is 40.4. The summed E-state index contributed by atoms with van der Waals surface area (Å²) in [7, 11) is -3.69. The standard InChI is InChI=1S/C21H16FNO2S/c22-16-11-12-18-19(14-23-20(18)13-16)21(15-7-3-1-4-8-15)26(24,25)17-9-5-2-6-10-17/h1-14,21,23H. The number of aromatic nitrogens is 1. The molecule has 0 bridgehead atoms. The van der Waals surface area contributed by atoms with Crippen molar-refractivity contribution in [3.63, 3.8) is 0 Å². The van der Waals surface area contributed by atoms with E-state index in [2.05, 4.69) is 4.98 Å². The Hall–Kier alpha value is -2.92. The fraction of sp³-hybridized carbons (Fsp3) is 0.0476. The minimum atomic E-state index is -3.69. The summed E-state index contributed by atoms with van der Waals surface area (Å²) in [6.45, 7) is 0. The third-order valence-corrected chi connectivity index (χ3v) is 6.52. The summed E-state index contributed by atoms with van der Waals surface area (Å²) in [4.78, 5) is 3.25. The van der Waals surface area contributed by atoms with E-state index in [1.54, 1.807) is 54.7 Å².